The Morgan fingerprint density at radius 3 is 1.26 bits per heavy atom. The lowest BCUT2D eigenvalue weighted by Gasteiger charge is -2.40. The minimum Gasteiger partial charge on any atom is -0.466 e. The molecule has 0 aliphatic carbocycles. The number of hydrogen-bond acceptors (Lipinski definition) is 10. The number of hydrogen-bond donors (Lipinski definition) is 6. The SMILES string of the molecule is CCCCC/C=C\C/C=C\CCCCCCCCCC(=O)OCCCCCCCCCCCCCCCCCCCCCCCCCCCCCCC(=O)NC(COC1OC(CO)C(O)C(O)C1O)C(O)/C=C/CCCCCCCCC. The van der Waals surface area contributed by atoms with Gasteiger partial charge < -0.3 is 45.1 Å². The standard InChI is InChI=1S/C71H133NO10/c1-3-5-7-9-11-13-14-15-16-29-33-36-39-43-47-51-55-59-67(76)80-60-56-52-48-44-40-37-34-31-28-26-24-22-20-18-17-19-21-23-25-27-30-32-35-38-42-46-50-54-58-66(75)72-63(64(74)57-53-49-45-41-12-10-8-6-4-2)62-81-71-70(79)69(78)68(77)65(61-73)82-71/h11,13,15-16,53,57,63-65,68-71,73-74,77-79H,3-10,12,14,17-52,54-56,58-62H2,1-2H3,(H,72,75)/b13-11-,16-15-,57-53+. The van der Waals surface area contributed by atoms with Gasteiger partial charge in [0.25, 0.3) is 0 Å². The Balaban J connectivity index is 1.90. The van der Waals surface area contributed by atoms with Gasteiger partial charge in [0.1, 0.15) is 24.4 Å². The van der Waals surface area contributed by atoms with Crippen molar-refractivity contribution in [3.8, 4) is 0 Å². The number of carbonyl (C=O) groups is 2. The molecular weight excluding hydrogens is 1030 g/mol. The van der Waals surface area contributed by atoms with E-state index < -0.39 is 49.5 Å². The Bertz CT molecular complexity index is 1460. The molecular formula is C71H133NO10. The highest BCUT2D eigenvalue weighted by Gasteiger charge is 2.44. The summed E-state index contributed by atoms with van der Waals surface area (Å²) < 4.78 is 16.7. The third kappa shape index (κ3) is 49.0. The van der Waals surface area contributed by atoms with E-state index in [1.165, 1.54) is 250 Å². The number of carbonyl (C=O) groups excluding carboxylic acids is 2. The zero-order chi connectivity index (χ0) is 59.5. The molecule has 482 valence electrons. The Labute approximate surface area is 504 Å². The van der Waals surface area contributed by atoms with Gasteiger partial charge in [0.15, 0.2) is 6.29 Å². The van der Waals surface area contributed by atoms with Crippen molar-refractivity contribution in [1.82, 2.24) is 5.32 Å². The summed E-state index contributed by atoms with van der Waals surface area (Å²) in [7, 11) is 0. The zero-order valence-electron chi connectivity index (χ0n) is 53.5. The summed E-state index contributed by atoms with van der Waals surface area (Å²) in [5, 5.41) is 54.3. The quantitative estimate of drug-likeness (QED) is 0.0195. The summed E-state index contributed by atoms with van der Waals surface area (Å²) >= 11 is 0. The third-order valence-electron chi connectivity index (χ3n) is 16.7. The highest BCUT2D eigenvalue weighted by atomic mass is 16.7. The number of aliphatic hydroxyl groups excluding tert-OH is 5. The number of esters is 1. The fraction of sp³-hybridized carbons (Fsp3) is 0.887. The van der Waals surface area contributed by atoms with Crippen LogP contribution in [-0.4, -0.2) is 100 Å². The van der Waals surface area contributed by atoms with E-state index in [4.69, 9.17) is 14.2 Å². The average Bonchev–Trinajstić information content (AvgIpc) is 3.63. The Kier molecular flexibility index (Phi) is 57.5. The van der Waals surface area contributed by atoms with Crippen LogP contribution in [0.1, 0.15) is 341 Å². The van der Waals surface area contributed by atoms with E-state index in [0.717, 1.165) is 64.2 Å². The van der Waals surface area contributed by atoms with Gasteiger partial charge >= 0.3 is 5.97 Å². The average molecular weight is 1160 g/mol. The number of unbranched alkanes of at least 4 members (excludes halogenated alkanes) is 44. The van der Waals surface area contributed by atoms with E-state index in [1.54, 1.807) is 6.08 Å². The minimum absolute atomic E-state index is 0.00213. The van der Waals surface area contributed by atoms with Gasteiger partial charge in [0.2, 0.25) is 5.91 Å². The van der Waals surface area contributed by atoms with E-state index in [0.29, 0.717) is 19.4 Å². The normalized spacial score (nSPS) is 18.4. The monoisotopic (exact) mass is 1160 g/mol. The molecule has 0 aromatic carbocycles. The van der Waals surface area contributed by atoms with Crippen molar-refractivity contribution in [2.45, 2.75) is 384 Å². The van der Waals surface area contributed by atoms with E-state index in [1.807, 2.05) is 6.08 Å². The lowest BCUT2D eigenvalue weighted by molar-refractivity contribution is -0.302. The number of aliphatic hydroxyl groups is 5. The van der Waals surface area contributed by atoms with Crippen LogP contribution in [0.25, 0.3) is 0 Å². The molecule has 1 aliphatic heterocycles. The minimum atomic E-state index is -1.57. The largest absolute Gasteiger partial charge is 0.466 e. The molecule has 11 nitrogen and oxygen atoms in total. The molecule has 0 aromatic rings. The Hall–Kier alpha value is -2.12. The van der Waals surface area contributed by atoms with Gasteiger partial charge in [0, 0.05) is 12.8 Å². The molecule has 0 bridgehead atoms. The molecule has 0 radical (unpaired) electrons. The molecule has 1 heterocycles. The van der Waals surface area contributed by atoms with E-state index in [9.17, 15) is 35.1 Å². The predicted molar refractivity (Wildman–Crippen MR) is 343 cm³/mol. The fourth-order valence-corrected chi connectivity index (χ4v) is 11.2. The van der Waals surface area contributed by atoms with Gasteiger partial charge in [-0.1, -0.05) is 301 Å². The van der Waals surface area contributed by atoms with Crippen LogP contribution in [0.15, 0.2) is 36.5 Å². The molecule has 1 saturated heterocycles. The maximum atomic E-state index is 13.0. The first-order chi connectivity index (χ1) is 40.2. The highest BCUT2D eigenvalue weighted by Crippen LogP contribution is 2.23. The van der Waals surface area contributed by atoms with Gasteiger partial charge in [-0.25, -0.2) is 0 Å². The molecule has 0 aromatic heterocycles. The van der Waals surface area contributed by atoms with Crippen molar-refractivity contribution in [3.05, 3.63) is 36.5 Å². The van der Waals surface area contributed by atoms with Crippen LogP contribution in [-0.2, 0) is 23.8 Å². The van der Waals surface area contributed by atoms with Crippen LogP contribution in [0.5, 0.6) is 0 Å². The summed E-state index contributed by atoms with van der Waals surface area (Å²) in [5.74, 6) is -0.177. The molecule has 7 atom stereocenters. The van der Waals surface area contributed by atoms with Crippen molar-refractivity contribution in [2.75, 3.05) is 19.8 Å². The van der Waals surface area contributed by atoms with Crippen LogP contribution in [0.2, 0.25) is 0 Å². The molecule has 0 saturated carbocycles. The number of allylic oxidation sites excluding steroid dienone is 5. The topological polar surface area (TPSA) is 175 Å². The number of nitrogens with one attached hydrogen (secondary N) is 1. The second-order valence-corrected chi connectivity index (χ2v) is 24.6. The van der Waals surface area contributed by atoms with Crippen molar-refractivity contribution < 1.29 is 49.3 Å². The number of amides is 1. The molecule has 6 N–H and O–H groups in total. The first-order valence-electron chi connectivity index (χ1n) is 35.3. The fourth-order valence-electron chi connectivity index (χ4n) is 11.2. The number of rotatable bonds is 62. The van der Waals surface area contributed by atoms with Gasteiger partial charge in [-0.05, 0) is 64.2 Å². The molecule has 11 heteroatoms. The van der Waals surface area contributed by atoms with Gasteiger partial charge in [-0.2, -0.15) is 0 Å². The molecule has 82 heavy (non-hydrogen) atoms. The zero-order valence-corrected chi connectivity index (χ0v) is 53.5. The predicted octanol–water partition coefficient (Wildman–Crippen LogP) is 17.8. The molecule has 1 rings (SSSR count). The molecule has 1 amide bonds. The van der Waals surface area contributed by atoms with Crippen molar-refractivity contribution in [2.24, 2.45) is 0 Å². The third-order valence-corrected chi connectivity index (χ3v) is 16.7. The summed E-state index contributed by atoms with van der Waals surface area (Å²) in [5.41, 5.74) is 0. The first kappa shape index (κ1) is 77.9. The molecule has 1 aliphatic rings. The van der Waals surface area contributed by atoms with Crippen LogP contribution in [0.4, 0.5) is 0 Å². The summed E-state index contributed by atoms with van der Waals surface area (Å²) in [6.07, 6.45) is 67.2. The highest BCUT2D eigenvalue weighted by molar-refractivity contribution is 5.76. The van der Waals surface area contributed by atoms with Crippen LogP contribution >= 0.6 is 0 Å². The van der Waals surface area contributed by atoms with Gasteiger partial charge in [-0.15, -0.1) is 0 Å². The lowest BCUT2D eigenvalue weighted by atomic mass is 9.99. The summed E-state index contributed by atoms with van der Waals surface area (Å²) in [6.45, 7) is 4.32. The Morgan fingerprint density at radius 2 is 0.817 bits per heavy atom. The van der Waals surface area contributed by atoms with Crippen molar-refractivity contribution in [1.29, 1.82) is 0 Å². The summed E-state index contributed by atoms with van der Waals surface area (Å²) in [4.78, 5) is 25.1. The van der Waals surface area contributed by atoms with E-state index in [2.05, 4.69) is 43.5 Å². The van der Waals surface area contributed by atoms with Crippen molar-refractivity contribution >= 4 is 11.9 Å². The molecule has 0 spiro atoms. The van der Waals surface area contributed by atoms with Gasteiger partial charge in [0.05, 0.1) is 32.0 Å². The second kappa shape index (κ2) is 60.6. The molecule has 1 fully saturated rings. The second-order valence-electron chi connectivity index (χ2n) is 24.6. The maximum Gasteiger partial charge on any atom is 0.305 e. The first-order valence-corrected chi connectivity index (χ1v) is 35.3. The maximum absolute atomic E-state index is 13.0. The van der Waals surface area contributed by atoms with Crippen molar-refractivity contribution in [3.63, 3.8) is 0 Å². The van der Waals surface area contributed by atoms with Crippen LogP contribution < -0.4 is 5.32 Å². The smallest absolute Gasteiger partial charge is 0.305 e. The Morgan fingerprint density at radius 1 is 0.451 bits per heavy atom. The molecule has 7 unspecified atom stereocenters. The van der Waals surface area contributed by atoms with E-state index >= 15 is 0 Å². The van der Waals surface area contributed by atoms with E-state index in [-0.39, 0.29) is 18.5 Å². The van der Waals surface area contributed by atoms with Crippen LogP contribution in [0.3, 0.4) is 0 Å². The number of ether oxygens (including phenoxy) is 3. The van der Waals surface area contributed by atoms with Gasteiger partial charge in [-0.3, -0.25) is 9.59 Å². The van der Waals surface area contributed by atoms with Crippen LogP contribution in [0, 0.1) is 0 Å². The summed E-state index contributed by atoms with van der Waals surface area (Å²) in [6, 6.07) is -0.806. The lowest BCUT2D eigenvalue weighted by Crippen LogP contribution is -2.60.